The van der Waals surface area contributed by atoms with Crippen LogP contribution < -0.4 is 16.0 Å². The van der Waals surface area contributed by atoms with Gasteiger partial charge in [0.2, 0.25) is 0 Å². The van der Waals surface area contributed by atoms with Crippen LogP contribution in [0.4, 0.5) is 20.3 Å². The quantitative estimate of drug-likeness (QED) is 0.711. The molecule has 20 heavy (non-hydrogen) atoms. The van der Waals surface area contributed by atoms with Gasteiger partial charge in [0.05, 0.1) is 0 Å². The first-order valence-corrected chi connectivity index (χ1v) is 6.61. The maximum Gasteiger partial charge on any atom is 0.266 e. The van der Waals surface area contributed by atoms with E-state index in [-0.39, 0.29) is 11.5 Å². The first-order valence-electron chi connectivity index (χ1n) is 5.12. The second kappa shape index (κ2) is 4.89. The standard InChI is InChI=1S/C10H8F2N4O3S/c11-6-3-5(13)4-7(10(6)12)20(18,19)16-8-1-2-9(17)15-14-8/h1-4H,13H2,(H,14,16)(H,15,17). The van der Waals surface area contributed by atoms with Gasteiger partial charge in [0, 0.05) is 11.8 Å². The molecule has 1 heterocycles. The number of nitrogens with zero attached hydrogens (tertiary/aromatic N) is 1. The topological polar surface area (TPSA) is 118 Å². The zero-order chi connectivity index (χ0) is 14.9. The van der Waals surface area contributed by atoms with E-state index in [0.29, 0.717) is 6.07 Å². The molecule has 0 aliphatic heterocycles. The third kappa shape index (κ3) is 2.74. The second-order valence-electron chi connectivity index (χ2n) is 3.73. The van der Waals surface area contributed by atoms with Gasteiger partial charge >= 0.3 is 0 Å². The smallest absolute Gasteiger partial charge is 0.266 e. The Balaban J connectivity index is 2.45. The number of hydrogen-bond acceptors (Lipinski definition) is 5. The van der Waals surface area contributed by atoms with E-state index >= 15 is 0 Å². The Morgan fingerprint density at radius 1 is 1.25 bits per heavy atom. The highest BCUT2D eigenvalue weighted by molar-refractivity contribution is 7.92. The largest absolute Gasteiger partial charge is 0.399 e. The van der Waals surface area contributed by atoms with Crippen molar-refractivity contribution >= 4 is 21.5 Å². The Morgan fingerprint density at radius 2 is 1.95 bits per heavy atom. The number of aromatic amines is 1. The van der Waals surface area contributed by atoms with E-state index in [1.54, 1.807) is 0 Å². The van der Waals surface area contributed by atoms with Crippen LogP contribution in [0.3, 0.4) is 0 Å². The Morgan fingerprint density at radius 3 is 2.55 bits per heavy atom. The number of benzene rings is 1. The lowest BCUT2D eigenvalue weighted by Gasteiger charge is -2.08. The summed E-state index contributed by atoms with van der Waals surface area (Å²) in [5.74, 6) is -3.21. The average Bonchev–Trinajstić information content (AvgIpc) is 2.36. The van der Waals surface area contributed by atoms with E-state index in [0.717, 1.165) is 18.2 Å². The van der Waals surface area contributed by atoms with Crippen LogP contribution in [0.5, 0.6) is 0 Å². The van der Waals surface area contributed by atoms with Crippen LogP contribution in [-0.2, 0) is 10.0 Å². The number of nitrogens with two attached hydrogens (primary N) is 1. The van der Waals surface area contributed by atoms with Crippen LogP contribution in [0.25, 0.3) is 0 Å². The Kier molecular flexibility index (Phi) is 3.40. The van der Waals surface area contributed by atoms with Crippen molar-refractivity contribution in [3.05, 3.63) is 46.3 Å². The minimum absolute atomic E-state index is 0.251. The number of sulfonamides is 1. The molecule has 0 aliphatic rings. The fourth-order valence-electron chi connectivity index (χ4n) is 1.37. The number of anilines is 2. The molecule has 7 nitrogen and oxygen atoms in total. The normalized spacial score (nSPS) is 11.3. The summed E-state index contributed by atoms with van der Waals surface area (Å²) < 4.78 is 52.4. The average molecular weight is 302 g/mol. The van der Waals surface area contributed by atoms with E-state index in [2.05, 4.69) is 5.10 Å². The van der Waals surface area contributed by atoms with Crippen molar-refractivity contribution in [3.8, 4) is 0 Å². The summed E-state index contributed by atoms with van der Waals surface area (Å²) in [6.07, 6.45) is 0. The third-order valence-corrected chi connectivity index (χ3v) is 3.58. The molecule has 0 unspecified atom stereocenters. The maximum absolute atomic E-state index is 13.5. The molecule has 106 valence electrons. The van der Waals surface area contributed by atoms with Crippen LogP contribution in [0.2, 0.25) is 0 Å². The Hall–Kier alpha value is -2.49. The van der Waals surface area contributed by atoms with E-state index in [9.17, 15) is 22.0 Å². The van der Waals surface area contributed by atoms with Gasteiger partial charge in [-0.1, -0.05) is 0 Å². The van der Waals surface area contributed by atoms with Crippen molar-refractivity contribution in [1.82, 2.24) is 10.2 Å². The molecule has 0 fully saturated rings. The molecule has 0 aliphatic carbocycles. The molecule has 0 saturated heterocycles. The van der Waals surface area contributed by atoms with E-state index in [1.807, 2.05) is 9.82 Å². The lowest BCUT2D eigenvalue weighted by molar-refractivity contribution is 0.486. The van der Waals surface area contributed by atoms with Crippen molar-refractivity contribution in [2.75, 3.05) is 10.5 Å². The van der Waals surface area contributed by atoms with Crippen LogP contribution in [0, 0.1) is 11.6 Å². The summed E-state index contributed by atoms with van der Waals surface area (Å²) >= 11 is 0. The van der Waals surface area contributed by atoms with Crippen LogP contribution in [0.15, 0.2) is 34.0 Å². The molecule has 1 aromatic heterocycles. The summed E-state index contributed by atoms with van der Waals surface area (Å²) in [7, 11) is -4.43. The van der Waals surface area contributed by atoms with Crippen LogP contribution >= 0.6 is 0 Å². The molecule has 2 rings (SSSR count). The van der Waals surface area contributed by atoms with Crippen LogP contribution in [-0.4, -0.2) is 18.6 Å². The highest BCUT2D eigenvalue weighted by Gasteiger charge is 2.23. The van der Waals surface area contributed by atoms with Crippen molar-refractivity contribution in [2.45, 2.75) is 4.90 Å². The predicted octanol–water partition coefficient (Wildman–Crippen LogP) is 0.431. The molecule has 0 atom stereocenters. The summed E-state index contributed by atoms with van der Waals surface area (Å²) in [4.78, 5) is 9.82. The molecule has 1 aromatic carbocycles. The van der Waals surface area contributed by atoms with Crippen molar-refractivity contribution < 1.29 is 17.2 Å². The zero-order valence-electron chi connectivity index (χ0n) is 9.72. The zero-order valence-corrected chi connectivity index (χ0v) is 10.5. The number of H-pyrrole nitrogens is 1. The van der Waals surface area contributed by atoms with E-state index in [4.69, 9.17) is 5.73 Å². The molecular formula is C10H8F2N4O3S. The van der Waals surface area contributed by atoms with Gasteiger partial charge in [0.15, 0.2) is 17.5 Å². The summed E-state index contributed by atoms with van der Waals surface area (Å²) in [5, 5.41) is 5.37. The number of halogens is 2. The van der Waals surface area contributed by atoms with Gasteiger partial charge in [-0.05, 0) is 18.2 Å². The fraction of sp³-hybridized carbons (Fsp3) is 0. The van der Waals surface area contributed by atoms with Gasteiger partial charge in [0.1, 0.15) is 4.90 Å². The predicted molar refractivity (Wildman–Crippen MR) is 66.4 cm³/mol. The molecule has 10 heteroatoms. The maximum atomic E-state index is 13.5. The molecule has 0 saturated carbocycles. The lowest BCUT2D eigenvalue weighted by Crippen LogP contribution is -2.18. The first-order chi connectivity index (χ1) is 9.29. The van der Waals surface area contributed by atoms with Gasteiger partial charge in [-0.2, -0.15) is 5.10 Å². The number of aromatic nitrogens is 2. The number of hydrogen-bond donors (Lipinski definition) is 3. The number of nitrogens with one attached hydrogen (secondary N) is 2. The molecule has 0 bridgehead atoms. The van der Waals surface area contributed by atoms with Crippen LogP contribution in [0.1, 0.15) is 0 Å². The molecule has 4 N–H and O–H groups in total. The van der Waals surface area contributed by atoms with Crippen molar-refractivity contribution in [1.29, 1.82) is 0 Å². The minimum atomic E-state index is -4.43. The van der Waals surface area contributed by atoms with E-state index in [1.165, 1.54) is 0 Å². The second-order valence-corrected chi connectivity index (χ2v) is 5.38. The molecule has 2 aromatic rings. The number of nitrogen functional groups attached to an aromatic ring is 1. The minimum Gasteiger partial charge on any atom is -0.399 e. The fourth-order valence-corrected chi connectivity index (χ4v) is 2.50. The molecule has 0 spiro atoms. The van der Waals surface area contributed by atoms with Gasteiger partial charge in [-0.3, -0.25) is 9.52 Å². The Labute approximate surface area is 111 Å². The highest BCUT2D eigenvalue weighted by atomic mass is 32.2. The lowest BCUT2D eigenvalue weighted by atomic mass is 10.3. The monoisotopic (exact) mass is 302 g/mol. The summed E-state index contributed by atoms with van der Waals surface area (Å²) in [5.41, 5.74) is 4.48. The van der Waals surface area contributed by atoms with Gasteiger partial charge in [0.25, 0.3) is 15.6 Å². The molecular weight excluding hydrogens is 294 g/mol. The van der Waals surface area contributed by atoms with Gasteiger partial charge in [-0.15, -0.1) is 0 Å². The highest BCUT2D eigenvalue weighted by Crippen LogP contribution is 2.22. The van der Waals surface area contributed by atoms with Crippen molar-refractivity contribution in [2.24, 2.45) is 0 Å². The van der Waals surface area contributed by atoms with Gasteiger partial charge in [-0.25, -0.2) is 22.3 Å². The Bertz CT molecular complexity index is 799. The summed E-state index contributed by atoms with van der Waals surface area (Å²) in [6, 6.07) is 3.51. The molecule has 0 amide bonds. The van der Waals surface area contributed by atoms with Gasteiger partial charge < -0.3 is 5.73 Å². The summed E-state index contributed by atoms with van der Waals surface area (Å²) in [6.45, 7) is 0. The van der Waals surface area contributed by atoms with Crippen molar-refractivity contribution in [3.63, 3.8) is 0 Å². The number of rotatable bonds is 3. The SMILES string of the molecule is Nc1cc(F)c(F)c(S(=O)(=O)Nc2ccc(=O)[nH]n2)c1. The molecule has 0 radical (unpaired) electrons. The van der Waals surface area contributed by atoms with E-state index < -0.39 is 32.1 Å². The third-order valence-electron chi connectivity index (χ3n) is 2.22. The first kappa shape index (κ1) is 13.9.